The Morgan fingerprint density at radius 3 is 1.30 bits per heavy atom. The van der Waals surface area contributed by atoms with Crippen LogP contribution < -0.4 is 0 Å². The first kappa shape index (κ1) is 11.1. The lowest BCUT2D eigenvalue weighted by Crippen LogP contribution is -2.46. The molecule has 0 aliphatic rings. The van der Waals surface area contributed by atoms with Crippen LogP contribution in [-0.2, 0) is 0 Å². The van der Waals surface area contributed by atoms with Crippen LogP contribution in [-0.4, -0.2) is 27.8 Å². The van der Waals surface area contributed by atoms with Crippen LogP contribution >= 0.6 is 46.4 Å². The molecule has 0 N–H and O–H groups in total. The smallest absolute Gasteiger partial charge is 0.222 e. The first-order chi connectivity index (χ1) is 4.19. The zero-order valence-corrected chi connectivity index (χ0v) is 8.98. The molecule has 0 aliphatic carbocycles. The van der Waals surface area contributed by atoms with Gasteiger partial charge in [0.2, 0.25) is 3.79 Å². The molecule has 0 heterocycles. The Morgan fingerprint density at radius 2 is 1.30 bits per heavy atom. The molecule has 0 spiro atoms. The van der Waals surface area contributed by atoms with Crippen LogP contribution in [0.3, 0.4) is 0 Å². The first-order valence-electron chi connectivity index (χ1n) is 2.62. The summed E-state index contributed by atoms with van der Waals surface area (Å²) in [6.45, 7) is 1.64. The maximum atomic E-state index is 5.88. The average Bonchev–Trinajstić information content (AvgIpc) is 1.62. The molecule has 62 valence electrons. The number of hydrogen-bond acceptors (Lipinski definition) is 1. The summed E-state index contributed by atoms with van der Waals surface area (Å²) in [4.78, 5) is 0.680. The van der Waals surface area contributed by atoms with Crippen molar-refractivity contribution in [3.63, 3.8) is 0 Å². The highest BCUT2D eigenvalue weighted by Crippen LogP contribution is 2.43. The molecule has 10 heavy (non-hydrogen) atoms. The van der Waals surface area contributed by atoms with Crippen LogP contribution in [0.1, 0.15) is 6.92 Å². The lowest BCUT2D eigenvalue weighted by atomic mass is 10.3. The molecule has 0 fully saturated rings. The average molecular weight is 225 g/mol. The predicted octanol–water partition coefficient (Wildman–Crippen LogP) is 2.87. The van der Waals surface area contributed by atoms with Crippen molar-refractivity contribution in [1.29, 1.82) is 0 Å². The third-order valence-electron chi connectivity index (χ3n) is 1.36. The van der Waals surface area contributed by atoms with Gasteiger partial charge < -0.3 is 0 Å². The Morgan fingerprint density at radius 1 is 1.00 bits per heavy atom. The Bertz CT molecular complexity index is 115. The van der Waals surface area contributed by atoms with Crippen molar-refractivity contribution in [1.82, 2.24) is 4.90 Å². The van der Waals surface area contributed by atoms with Crippen LogP contribution in [0.25, 0.3) is 0 Å². The van der Waals surface area contributed by atoms with Crippen molar-refractivity contribution < 1.29 is 0 Å². The van der Waals surface area contributed by atoms with E-state index < -0.39 is 8.79 Å². The molecule has 0 amide bonds. The van der Waals surface area contributed by atoms with E-state index in [1.54, 1.807) is 25.9 Å². The second kappa shape index (κ2) is 3.24. The molecule has 0 aliphatic heterocycles. The standard InChI is InChI=1S/C5H9Cl4N/c1-4(6,10(2)3)5(7,8)9/h1-3H3. The van der Waals surface area contributed by atoms with E-state index in [1.807, 2.05) is 0 Å². The molecule has 1 atom stereocenters. The summed E-state index contributed by atoms with van der Waals surface area (Å²) in [7, 11) is 3.49. The van der Waals surface area contributed by atoms with Gasteiger partial charge in [0.15, 0.2) is 0 Å². The number of rotatable bonds is 1. The quantitative estimate of drug-likeness (QED) is 0.489. The van der Waals surface area contributed by atoms with E-state index in [9.17, 15) is 0 Å². The Hall–Kier alpha value is 1.12. The molecule has 0 saturated heterocycles. The summed E-state index contributed by atoms with van der Waals surface area (Å²) in [5, 5.41) is 0. The molecule has 0 aromatic carbocycles. The van der Waals surface area contributed by atoms with Gasteiger partial charge in [0.05, 0.1) is 0 Å². The van der Waals surface area contributed by atoms with Crippen molar-refractivity contribution in [3.8, 4) is 0 Å². The third-order valence-corrected chi connectivity index (χ3v) is 3.37. The van der Waals surface area contributed by atoms with Crippen molar-refractivity contribution >= 4 is 46.4 Å². The summed E-state index contributed by atoms with van der Waals surface area (Å²) in [5.74, 6) is 0. The molecule has 5 heteroatoms. The number of alkyl halides is 4. The van der Waals surface area contributed by atoms with Crippen molar-refractivity contribution in [2.24, 2.45) is 0 Å². The van der Waals surface area contributed by atoms with E-state index in [-0.39, 0.29) is 0 Å². The molecule has 0 rings (SSSR count). The normalized spacial score (nSPS) is 19.2. The Labute approximate surface area is 81.2 Å². The van der Waals surface area contributed by atoms with Crippen LogP contribution in [0.15, 0.2) is 0 Å². The van der Waals surface area contributed by atoms with Gasteiger partial charge in [0.1, 0.15) is 5.00 Å². The van der Waals surface area contributed by atoms with E-state index in [0.717, 1.165) is 0 Å². The SMILES string of the molecule is CN(C)C(C)(Cl)C(Cl)(Cl)Cl. The molecule has 0 aromatic heterocycles. The van der Waals surface area contributed by atoms with Crippen LogP contribution in [0.4, 0.5) is 0 Å². The van der Waals surface area contributed by atoms with Crippen LogP contribution in [0.2, 0.25) is 0 Å². The Kier molecular flexibility index (Phi) is 3.60. The van der Waals surface area contributed by atoms with Crippen molar-refractivity contribution in [3.05, 3.63) is 0 Å². The molecule has 0 saturated carbocycles. The first-order valence-corrected chi connectivity index (χ1v) is 4.14. The molecular formula is C5H9Cl4N. The predicted molar refractivity (Wildman–Crippen MR) is 48.2 cm³/mol. The zero-order chi connectivity index (χ0) is 8.58. The summed E-state index contributed by atoms with van der Waals surface area (Å²) in [6, 6.07) is 0. The van der Waals surface area contributed by atoms with Gasteiger partial charge in [0.25, 0.3) is 0 Å². The molecule has 1 unspecified atom stereocenters. The van der Waals surface area contributed by atoms with Gasteiger partial charge in [-0.15, -0.1) is 0 Å². The van der Waals surface area contributed by atoms with Gasteiger partial charge in [-0.05, 0) is 21.0 Å². The van der Waals surface area contributed by atoms with Gasteiger partial charge in [-0.3, -0.25) is 4.90 Å². The molecule has 0 bridgehead atoms. The molecular weight excluding hydrogens is 216 g/mol. The number of halogens is 4. The topological polar surface area (TPSA) is 3.24 Å². The summed E-state index contributed by atoms with van der Waals surface area (Å²) >= 11 is 22.6. The van der Waals surface area contributed by atoms with Gasteiger partial charge in [-0.1, -0.05) is 46.4 Å². The highest BCUT2D eigenvalue weighted by molar-refractivity contribution is 6.70. The minimum Gasteiger partial charge on any atom is -0.288 e. The fourth-order valence-electron chi connectivity index (χ4n) is 0.254. The van der Waals surface area contributed by atoms with Crippen molar-refractivity contribution in [2.75, 3.05) is 14.1 Å². The minimum atomic E-state index is -1.47. The maximum Gasteiger partial charge on any atom is 0.222 e. The molecule has 0 aromatic rings. The third kappa shape index (κ3) is 2.31. The van der Waals surface area contributed by atoms with E-state index in [0.29, 0.717) is 0 Å². The largest absolute Gasteiger partial charge is 0.288 e. The Balaban J connectivity index is 4.40. The fraction of sp³-hybridized carbons (Fsp3) is 1.00. The van der Waals surface area contributed by atoms with Gasteiger partial charge >= 0.3 is 0 Å². The second-order valence-corrected chi connectivity index (χ2v) is 5.36. The van der Waals surface area contributed by atoms with E-state index >= 15 is 0 Å². The lowest BCUT2D eigenvalue weighted by Gasteiger charge is -2.35. The minimum absolute atomic E-state index is 0.961. The van der Waals surface area contributed by atoms with Crippen molar-refractivity contribution in [2.45, 2.75) is 15.7 Å². The summed E-state index contributed by atoms with van der Waals surface area (Å²) < 4.78 is -1.47. The maximum absolute atomic E-state index is 5.88. The van der Waals surface area contributed by atoms with E-state index in [2.05, 4.69) is 0 Å². The number of hydrogen-bond donors (Lipinski definition) is 0. The fourth-order valence-corrected chi connectivity index (χ4v) is 0.761. The second-order valence-electron chi connectivity index (χ2n) is 2.35. The van der Waals surface area contributed by atoms with Gasteiger partial charge in [-0.25, -0.2) is 0 Å². The van der Waals surface area contributed by atoms with E-state index in [1.165, 1.54) is 0 Å². The van der Waals surface area contributed by atoms with Gasteiger partial charge in [-0.2, -0.15) is 0 Å². The van der Waals surface area contributed by atoms with Crippen LogP contribution in [0, 0.1) is 0 Å². The number of nitrogens with zero attached hydrogens (tertiary/aromatic N) is 1. The molecule has 0 radical (unpaired) electrons. The highest BCUT2D eigenvalue weighted by atomic mass is 35.6. The summed E-state index contributed by atoms with van der Waals surface area (Å²) in [5.41, 5.74) is 0. The monoisotopic (exact) mass is 223 g/mol. The highest BCUT2D eigenvalue weighted by Gasteiger charge is 2.44. The lowest BCUT2D eigenvalue weighted by molar-refractivity contribution is 0.272. The van der Waals surface area contributed by atoms with Crippen LogP contribution in [0.5, 0.6) is 0 Å². The molecule has 1 nitrogen and oxygen atoms in total. The van der Waals surface area contributed by atoms with Gasteiger partial charge in [0, 0.05) is 0 Å². The van der Waals surface area contributed by atoms with E-state index in [4.69, 9.17) is 46.4 Å². The summed E-state index contributed by atoms with van der Waals surface area (Å²) in [6.07, 6.45) is 0. The zero-order valence-electron chi connectivity index (χ0n) is 5.96.